The predicted octanol–water partition coefficient (Wildman–Crippen LogP) is 4.07. The van der Waals surface area contributed by atoms with Gasteiger partial charge in [0.1, 0.15) is 29.8 Å². The molecule has 8 heterocycles. The number of pyridine rings is 1. The maximum atomic E-state index is 16.9. The number of H-pyrrole nitrogens is 1. The summed E-state index contributed by atoms with van der Waals surface area (Å²) in [6.45, 7) is 4.07. The molecule has 1 aromatic carbocycles. The Morgan fingerprint density at radius 2 is 2.02 bits per heavy atom. The van der Waals surface area contributed by atoms with E-state index < -0.39 is 17.5 Å². The zero-order chi connectivity index (χ0) is 29.8. The van der Waals surface area contributed by atoms with Gasteiger partial charge in [0.2, 0.25) is 0 Å². The minimum absolute atomic E-state index is 0.0376. The van der Waals surface area contributed by atoms with E-state index in [2.05, 4.69) is 25.1 Å². The Morgan fingerprint density at radius 1 is 1.11 bits per heavy atom. The van der Waals surface area contributed by atoms with Gasteiger partial charge >= 0.3 is 6.01 Å². The van der Waals surface area contributed by atoms with E-state index in [9.17, 15) is 4.39 Å². The fraction of sp³-hybridized carbons (Fsp3) is 0.533. The van der Waals surface area contributed by atoms with E-state index in [1.165, 1.54) is 0 Å². The highest BCUT2D eigenvalue weighted by atomic mass is 35.5. The number of anilines is 1. The number of alkyl halides is 1. The third-order valence-corrected chi connectivity index (χ3v) is 9.61. The van der Waals surface area contributed by atoms with Crippen molar-refractivity contribution in [2.45, 2.75) is 43.7 Å². The molecular weight excluding hydrogens is 596 g/mol. The number of benzene rings is 1. The number of ether oxygens (including phenoxy) is 4. The van der Waals surface area contributed by atoms with Gasteiger partial charge in [-0.1, -0.05) is 11.6 Å². The molecule has 1 N–H and O–H groups in total. The maximum Gasteiger partial charge on any atom is 0.319 e. The lowest BCUT2D eigenvalue weighted by Crippen LogP contribution is -2.45. The van der Waals surface area contributed by atoms with E-state index in [0.29, 0.717) is 90.7 Å². The average molecular weight is 628 g/mol. The van der Waals surface area contributed by atoms with E-state index in [0.717, 1.165) is 19.4 Å². The summed E-state index contributed by atoms with van der Waals surface area (Å²) >= 11 is 6.72. The van der Waals surface area contributed by atoms with Crippen LogP contribution in [0.1, 0.15) is 24.8 Å². The Hall–Kier alpha value is -3.23. The van der Waals surface area contributed by atoms with Crippen molar-refractivity contribution in [2.24, 2.45) is 0 Å². The molecule has 0 radical (unpaired) electrons. The predicted molar refractivity (Wildman–Crippen MR) is 158 cm³/mol. The van der Waals surface area contributed by atoms with Gasteiger partial charge in [-0.2, -0.15) is 15.1 Å². The number of halogens is 3. The second-order valence-corrected chi connectivity index (χ2v) is 12.4. The summed E-state index contributed by atoms with van der Waals surface area (Å²) in [6.07, 6.45) is 4.32. The van der Waals surface area contributed by atoms with Crippen molar-refractivity contribution < 1.29 is 27.7 Å². The van der Waals surface area contributed by atoms with Gasteiger partial charge in [-0.05, 0) is 25.5 Å². The van der Waals surface area contributed by atoms with Gasteiger partial charge in [0.05, 0.1) is 61.8 Å². The first-order chi connectivity index (χ1) is 21.5. The Balaban J connectivity index is 1.28. The van der Waals surface area contributed by atoms with Crippen molar-refractivity contribution in [3.8, 4) is 17.3 Å². The number of rotatable bonds is 3. The van der Waals surface area contributed by atoms with Crippen LogP contribution in [0, 0.1) is 5.82 Å². The van der Waals surface area contributed by atoms with E-state index >= 15 is 4.39 Å². The fourth-order valence-electron chi connectivity index (χ4n) is 7.18. The van der Waals surface area contributed by atoms with Gasteiger partial charge in [0, 0.05) is 53.8 Å². The largest absolute Gasteiger partial charge is 0.461 e. The molecule has 5 aliphatic heterocycles. The molecule has 6 bridgehead atoms. The Bertz CT molecular complexity index is 1730. The normalized spacial score (nSPS) is 26.1. The summed E-state index contributed by atoms with van der Waals surface area (Å²) in [5.41, 5.74) is 1.43. The highest BCUT2D eigenvalue weighted by Gasteiger charge is 2.49. The van der Waals surface area contributed by atoms with Gasteiger partial charge in [-0.15, -0.1) is 0 Å². The number of aromatic amines is 1. The van der Waals surface area contributed by atoms with Crippen LogP contribution >= 0.6 is 11.6 Å². The quantitative estimate of drug-likeness (QED) is 0.357. The van der Waals surface area contributed by atoms with E-state index in [-0.39, 0.29) is 36.5 Å². The van der Waals surface area contributed by atoms with Crippen LogP contribution in [-0.4, -0.2) is 107 Å². The van der Waals surface area contributed by atoms with Crippen molar-refractivity contribution in [1.29, 1.82) is 0 Å². The molecule has 3 fully saturated rings. The second-order valence-electron chi connectivity index (χ2n) is 12.0. The lowest BCUT2D eigenvalue weighted by atomic mass is 9.95. The molecule has 0 spiro atoms. The summed E-state index contributed by atoms with van der Waals surface area (Å²) in [4.78, 5) is 18.2. The summed E-state index contributed by atoms with van der Waals surface area (Å²) in [5.74, 6) is -0.130. The molecule has 9 rings (SSSR count). The van der Waals surface area contributed by atoms with E-state index in [1.807, 2.05) is 4.90 Å². The van der Waals surface area contributed by atoms with Crippen LogP contribution in [0.5, 0.6) is 6.01 Å². The van der Waals surface area contributed by atoms with Crippen LogP contribution in [0.25, 0.3) is 33.1 Å². The lowest BCUT2D eigenvalue weighted by Gasteiger charge is -2.34. The first-order valence-electron chi connectivity index (χ1n) is 15.0. The topological polar surface area (TPSA) is 111 Å². The van der Waals surface area contributed by atoms with Crippen molar-refractivity contribution in [1.82, 2.24) is 30.0 Å². The molecule has 44 heavy (non-hydrogen) atoms. The van der Waals surface area contributed by atoms with Crippen molar-refractivity contribution >= 4 is 39.2 Å². The van der Waals surface area contributed by atoms with Crippen molar-refractivity contribution in [3.05, 3.63) is 34.9 Å². The number of aromatic nitrogens is 5. The summed E-state index contributed by atoms with van der Waals surface area (Å²) < 4.78 is 55.4. The average Bonchev–Trinajstić information content (AvgIpc) is 3.72. The molecule has 3 saturated heterocycles. The first kappa shape index (κ1) is 28.3. The standard InChI is InChI=1S/C30H32ClF2N7O4/c31-22-8-23-19(11-35-38-23)24-21(22)15-42-7-6-41-14-18-13-39(4-5-43-18)28-20-10-34-27(24)25(33)26(20)36-29(37-28)44-16-30-2-1-3-40(30)12-17(32)9-30/h8,10-11,17-18H,1-7,9,12-16H2,(H,35,38)/t17-,18-,30+/m1/s1. The first-order valence-corrected chi connectivity index (χ1v) is 15.4. The molecule has 5 aliphatic rings. The zero-order valence-electron chi connectivity index (χ0n) is 24.0. The number of nitrogens with zero attached hydrogens (tertiary/aromatic N) is 6. The summed E-state index contributed by atoms with van der Waals surface area (Å²) in [7, 11) is 0. The summed E-state index contributed by atoms with van der Waals surface area (Å²) in [5, 5.41) is 8.58. The second kappa shape index (κ2) is 11.3. The van der Waals surface area contributed by atoms with Crippen LogP contribution in [-0.2, 0) is 20.8 Å². The number of hydrogen-bond donors (Lipinski definition) is 1. The molecular formula is C30H32ClF2N7O4. The van der Waals surface area contributed by atoms with Gasteiger partial charge in [0.15, 0.2) is 5.82 Å². The molecule has 4 aromatic rings. The van der Waals surface area contributed by atoms with Crippen LogP contribution in [0.2, 0.25) is 5.02 Å². The Kier molecular flexibility index (Phi) is 7.25. The summed E-state index contributed by atoms with van der Waals surface area (Å²) in [6, 6.07) is 1.78. The molecule has 0 aliphatic carbocycles. The molecule has 3 aromatic heterocycles. The smallest absolute Gasteiger partial charge is 0.319 e. The SMILES string of the molecule is Fc1c2ncc3c(nc(OC[C@@]45CCCN4C[C@H](F)C5)nc13)N1CCO[C@@H](COCCOCc3c(Cl)cc4[nH]ncc4c3-2)C1. The third-order valence-electron chi connectivity index (χ3n) is 9.27. The Morgan fingerprint density at radius 3 is 2.95 bits per heavy atom. The highest BCUT2D eigenvalue weighted by Crippen LogP contribution is 2.42. The van der Waals surface area contributed by atoms with Crippen LogP contribution in [0.15, 0.2) is 18.5 Å². The minimum Gasteiger partial charge on any atom is -0.461 e. The lowest BCUT2D eigenvalue weighted by molar-refractivity contribution is -0.0381. The molecule has 11 nitrogen and oxygen atoms in total. The molecule has 3 atom stereocenters. The number of hydrogen-bond acceptors (Lipinski definition) is 10. The minimum atomic E-state index is -0.895. The number of nitrogens with one attached hydrogen (secondary N) is 1. The number of morpholine rings is 1. The van der Waals surface area contributed by atoms with Gasteiger partial charge in [-0.3, -0.25) is 15.0 Å². The molecule has 0 amide bonds. The third kappa shape index (κ3) is 4.85. The van der Waals surface area contributed by atoms with E-state index in [1.54, 1.807) is 18.5 Å². The highest BCUT2D eigenvalue weighted by molar-refractivity contribution is 6.33. The van der Waals surface area contributed by atoms with Crippen LogP contribution in [0.4, 0.5) is 14.6 Å². The van der Waals surface area contributed by atoms with E-state index in [4.69, 9.17) is 35.5 Å². The molecule has 0 unspecified atom stereocenters. The molecule has 14 heteroatoms. The van der Waals surface area contributed by atoms with Crippen LogP contribution < -0.4 is 9.64 Å². The fourth-order valence-corrected chi connectivity index (χ4v) is 7.44. The van der Waals surface area contributed by atoms with Gasteiger partial charge in [-0.25, -0.2) is 8.78 Å². The number of fused-ring (bicyclic) bond motifs is 8. The Labute approximate surface area is 256 Å². The molecule has 0 saturated carbocycles. The maximum absolute atomic E-state index is 16.9. The molecule has 232 valence electrons. The van der Waals surface area contributed by atoms with Gasteiger partial charge in [0.25, 0.3) is 0 Å². The monoisotopic (exact) mass is 627 g/mol. The van der Waals surface area contributed by atoms with Gasteiger partial charge < -0.3 is 23.8 Å². The van der Waals surface area contributed by atoms with Crippen molar-refractivity contribution in [3.63, 3.8) is 0 Å². The van der Waals surface area contributed by atoms with Crippen LogP contribution in [0.3, 0.4) is 0 Å². The zero-order valence-corrected chi connectivity index (χ0v) is 24.8. The van der Waals surface area contributed by atoms with Crippen molar-refractivity contribution in [2.75, 3.05) is 64.1 Å².